The fourth-order valence-electron chi connectivity index (χ4n) is 3.88. The van der Waals surface area contributed by atoms with Gasteiger partial charge in [-0.3, -0.25) is 9.78 Å². The van der Waals surface area contributed by atoms with Crippen LogP contribution in [0.3, 0.4) is 0 Å². The zero-order valence-corrected chi connectivity index (χ0v) is 19.4. The molecule has 174 valence electrons. The Kier molecular flexibility index (Phi) is 6.22. The number of methoxy groups -OCH3 is 2. The Morgan fingerprint density at radius 1 is 0.970 bits per heavy atom. The molecule has 10 heteroatoms. The second-order valence-corrected chi connectivity index (χ2v) is 9.61. The van der Waals surface area contributed by atoms with Gasteiger partial charge in [0.2, 0.25) is 10.0 Å². The number of benzene rings is 2. The number of nitrogens with zero attached hydrogens (tertiary/aromatic N) is 3. The summed E-state index contributed by atoms with van der Waals surface area (Å²) in [6.45, 7) is 2.51. The van der Waals surface area contributed by atoms with Crippen molar-refractivity contribution in [1.29, 1.82) is 0 Å². The lowest BCUT2D eigenvalue weighted by atomic mass is 10.1. The third-order valence-electron chi connectivity index (χ3n) is 5.72. The van der Waals surface area contributed by atoms with Crippen molar-refractivity contribution in [2.24, 2.45) is 0 Å². The second kappa shape index (κ2) is 8.95. The van der Waals surface area contributed by atoms with Crippen LogP contribution in [0.1, 0.15) is 16.1 Å². The van der Waals surface area contributed by atoms with Crippen molar-refractivity contribution in [2.45, 2.75) is 11.8 Å². The molecule has 8 nitrogen and oxygen atoms in total. The molecule has 0 aliphatic carbocycles. The number of amides is 1. The first-order chi connectivity index (χ1) is 15.7. The molecule has 1 amide bonds. The van der Waals surface area contributed by atoms with Gasteiger partial charge in [0.1, 0.15) is 5.82 Å². The molecule has 4 rings (SSSR count). The van der Waals surface area contributed by atoms with Crippen LogP contribution in [0.4, 0.5) is 4.39 Å². The minimum Gasteiger partial charge on any atom is -0.493 e. The Hall–Kier alpha value is -3.24. The van der Waals surface area contributed by atoms with Gasteiger partial charge in [-0.25, -0.2) is 12.8 Å². The first kappa shape index (κ1) is 22.9. The molecule has 1 fully saturated rings. The molecule has 0 N–H and O–H groups in total. The monoisotopic (exact) mass is 473 g/mol. The summed E-state index contributed by atoms with van der Waals surface area (Å²) in [5, 5.41) is 0.667. The number of sulfonamides is 1. The van der Waals surface area contributed by atoms with E-state index < -0.39 is 10.0 Å². The van der Waals surface area contributed by atoms with Gasteiger partial charge >= 0.3 is 0 Å². The van der Waals surface area contributed by atoms with Crippen LogP contribution >= 0.6 is 0 Å². The Morgan fingerprint density at radius 3 is 2.33 bits per heavy atom. The van der Waals surface area contributed by atoms with Crippen LogP contribution in [0.2, 0.25) is 0 Å². The zero-order valence-electron chi connectivity index (χ0n) is 18.5. The number of piperazine rings is 1. The van der Waals surface area contributed by atoms with Gasteiger partial charge in [-0.2, -0.15) is 4.31 Å². The predicted molar refractivity (Wildman–Crippen MR) is 121 cm³/mol. The third kappa shape index (κ3) is 4.36. The largest absolute Gasteiger partial charge is 0.493 e. The Morgan fingerprint density at radius 2 is 1.67 bits per heavy atom. The molecular weight excluding hydrogens is 449 g/mol. The topological polar surface area (TPSA) is 89.0 Å². The molecular formula is C23H24FN3O5S. The number of pyridine rings is 1. The highest BCUT2D eigenvalue weighted by molar-refractivity contribution is 7.89. The summed E-state index contributed by atoms with van der Waals surface area (Å²) in [6.07, 6.45) is 0. The number of carbonyl (C=O) groups is 1. The van der Waals surface area contributed by atoms with Gasteiger partial charge in [-0.05, 0) is 37.3 Å². The number of halogens is 1. The smallest absolute Gasteiger partial charge is 0.255 e. The highest BCUT2D eigenvalue weighted by Crippen LogP contribution is 2.31. The van der Waals surface area contributed by atoms with E-state index in [1.165, 1.54) is 42.8 Å². The number of fused-ring (bicyclic) bond motifs is 1. The van der Waals surface area contributed by atoms with Gasteiger partial charge in [0.25, 0.3) is 5.91 Å². The molecule has 0 radical (unpaired) electrons. The third-order valence-corrected chi connectivity index (χ3v) is 7.61. The van der Waals surface area contributed by atoms with E-state index in [2.05, 4.69) is 4.98 Å². The average molecular weight is 474 g/mol. The highest BCUT2D eigenvalue weighted by atomic mass is 32.2. The van der Waals surface area contributed by atoms with Crippen molar-refractivity contribution in [3.63, 3.8) is 0 Å². The number of rotatable bonds is 5. The van der Waals surface area contributed by atoms with E-state index in [1.54, 1.807) is 30.0 Å². The maximum Gasteiger partial charge on any atom is 0.255 e. The minimum atomic E-state index is -3.76. The Bertz CT molecular complexity index is 1320. The molecule has 3 aromatic rings. The maximum absolute atomic E-state index is 13.5. The van der Waals surface area contributed by atoms with E-state index in [4.69, 9.17) is 9.47 Å². The SMILES string of the molecule is COc1ccc(S(=O)(=O)N2CCN(C(=O)c3cc4ccc(F)cc4nc3C)CC2)cc1OC. The van der Waals surface area contributed by atoms with Crippen LogP contribution < -0.4 is 9.47 Å². The lowest BCUT2D eigenvalue weighted by Gasteiger charge is -2.34. The molecule has 1 saturated heterocycles. The number of hydrogen-bond acceptors (Lipinski definition) is 6. The van der Waals surface area contributed by atoms with E-state index in [1.807, 2.05) is 0 Å². The van der Waals surface area contributed by atoms with Gasteiger partial charge in [0, 0.05) is 43.7 Å². The number of carbonyl (C=O) groups excluding carboxylic acids is 1. The van der Waals surface area contributed by atoms with Crippen molar-refractivity contribution in [3.8, 4) is 11.5 Å². The number of hydrogen-bond donors (Lipinski definition) is 0. The normalized spacial score (nSPS) is 15.0. The fraction of sp³-hybridized carbons (Fsp3) is 0.304. The molecule has 0 saturated carbocycles. The first-order valence-corrected chi connectivity index (χ1v) is 11.8. The molecule has 2 aromatic carbocycles. The fourth-order valence-corrected chi connectivity index (χ4v) is 5.32. The quantitative estimate of drug-likeness (QED) is 0.566. The number of aryl methyl sites for hydroxylation is 1. The van der Waals surface area contributed by atoms with Gasteiger partial charge < -0.3 is 14.4 Å². The van der Waals surface area contributed by atoms with E-state index in [9.17, 15) is 17.6 Å². The minimum absolute atomic E-state index is 0.0988. The molecule has 0 atom stereocenters. The standard InChI is InChI=1S/C23H24FN3O5S/c1-15-19(12-16-4-5-17(24)13-20(16)25-15)23(28)26-8-10-27(11-9-26)33(29,30)18-6-7-21(31-2)22(14-18)32-3/h4-7,12-14H,8-11H2,1-3H3. The predicted octanol–water partition coefficient (Wildman–Crippen LogP) is 2.85. The van der Waals surface area contributed by atoms with E-state index in [-0.39, 0.29) is 42.8 Å². The summed E-state index contributed by atoms with van der Waals surface area (Å²) < 4.78 is 51.4. The van der Waals surface area contributed by atoms with E-state index in [0.717, 1.165) is 0 Å². The Balaban J connectivity index is 1.51. The summed E-state index contributed by atoms with van der Waals surface area (Å²) in [5.41, 5.74) is 1.40. The van der Waals surface area contributed by atoms with Crippen molar-refractivity contribution in [3.05, 3.63) is 59.5 Å². The molecule has 0 spiro atoms. The van der Waals surface area contributed by atoms with Crippen LogP contribution in [0.25, 0.3) is 10.9 Å². The van der Waals surface area contributed by atoms with Crippen molar-refractivity contribution in [1.82, 2.24) is 14.2 Å². The lowest BCUT2D eigenvalue weighted by molar-refractivity contribution is 0.0697. The summed E-state index contributed by atoms with van der Waals surface area (Å²) in [5.74, 6) is 0.148. The molecule has 0 unspecified atom stereocenters. The van der Waals surface area contributed by atoms with Crippen molar-refractivity contribution in [2.75, 3.05) is 40.4 Å². The first-order valence-electron chi connectivity index (χ1n) is 10.3. The van der Waals surface area contributed by atoms with Gasteiger partial charge in [0.05, 0.1) is 35.9 Å². The van der Waals surface area contributed by atoms with Crippen molar-refractivity contribution < 1.29 is 27.1 Å². The molecule has 1 aliphatic rings. The van der Waals surface area contributed by atoms with Gasteiger partial charge in [0.15, 0.2) is 11.5 Å². The van der Waals surface area contributed by atoms with Crippen LogP contribution in [0.5, 0.6) is 11.5 Å². The molecule has 0 bridgehead atoms. The Labute approximate surface area is 191 Å². The summed E-state index contributed by atoms with van der Waals surface area (Å²) in [6, 6.07) is 10.4. The lowest BCUT2D eigenvalue weighted by Crippen LogP contribution is -2.50. The van der Waals surface area contributed by atoms with E-state index >= 15 is 0 Å². The van der Waals surface area contributed by atoms with Crippen LogP contribution in [-0.4, -0.2) is 68.9 Å². The van der Waals surface area contributed by atoms with Crippen LogP contribution in [-0.2, 0) is 10.0 Å². The molecule has 1 aromatic heterocycles. The van der Waals surface area contributed by atoms with Gasteiger partial charge in [-0.15, -0.1) is 0 Å². The second-order valence-electron chi connectivity index (χ2n) is 7.67. The molecule has 33 heavy (non-hydrogen) atoms. The zero-order chi connectivity index (χ0) is 23.8. The molecule has 2 heterocycles. The summed E-state index contributed by atoms with van der Waals surface area (Å²) in [4.78, 5) is 19.2. The van der Waals surface area contributed by atoms with Crippen molar-refractivity contribution >= 4 is 26.8 Å². The number of aromatic nitrogens is 1. The van der Waals surface area contributed by atoms with Crippen LogP contribution in [0.15, 0.2) is 47.4 Å². The summed E-state index contributed by atoms with van der Waals surface area (Å²) in [7, 11) is -0.840. The average Bonchev–Trinajstić information content (AvgIpc) is 2.82. The van der Waals surface area contributed by atoms with E-state index in [0.29, 0.717) is 33.7 Å². The van der Waals surface area contributed by atoms with Crippen LogP contribution in [0, 0.1) is 12.7 Å². The highest BCUT2D eigenvalue weighted by Gasteiger charge is 2.31. The summed E-state index contributed by atoms with van der Waals surface area (Å²) >= 11 is 0. The number of ether oxygens (including phenoxy) is 2. The molecule has 1 aliphatic heterocycles. The van der Waals surface area contributed by atoms with Gasteiger partial charge in [-0.1, -0.05) is 0 Å². The maximum atomic E-state index is 13.5.